The molecule has 1 atom stereocenters. The molecule has 2 amide bonds. The second kappa shape index (κ2) is 14.3. The first-order chi connectivity index (χ1) is 20.4. The molecule has 1 unspecified atom stereocenters. The molecule has 1 aromatic rings. The van der Waals surface area contributed by atoms with Crippen LogP contribution in [-0.4, -0.2) is 104 Å². The standard InChI is InChI=1S/C28H45N5O3.C2HF3O2/c1-3-4-10-25-28(36-27(35)33(25)21-22-8-6-5-7-9-22)14-19-31(20-15-28)23-11-17-32(18-12-23)26(34)24-13-16-30(2)29-24;3-2(4,5)1(6)7/h13,16,22-23,25H,3-12,14-15,17-21H2,1-2H3;(H,6,7). The van der Waals surface area contributed by atoms with E-state index in [4.69, 9.17) is 14.6 Å². The zero-order chi connectivity index (χ0) is 31.2. The average molecular weight is 614 g/mol. The van der Waals surface area contributed by atoms with Gasteiger partial charge in [0.25, 0.3) is 5.91 Å². The Morgan fingerprint density at radius 2 is 1.70 bits per heavy atom. The Morgan fingerprint density at radius 1 is 1.07 bits per heavy atom. The highest BCUT2D eigenvalue weighted by atomic mass is 19.4. The second-order valence-corrected chi connectivity index (χ2v) is 12.5. The molecule has 4 aliphatic rings. The third-order valence-corrected chi connectivity index (χ3v) is 9.61. The molecule has 1 saturated carbocycles. The molecule has 0 aromatic carbocycles. The summed E-state index contributed by atoms with van der Waals surface area (Å²) in [5.41, 5.74) is 0.224. The molecule has 4 fully saturated rings. The van der Waals surface area contributed by atoms with Gasteiger partial charge < -0.3 is 19.6 Å². The summed E-state index contributed by atoms with van der Waals surface area (Å²) < 4.78 is 39.7. The number of carboxylic acid groups (broad SMARTS) is 1. The monoisotopic (exact) mass is 613 g/mol. The van der Waals surface area contributed by atoms with Crippen LogP contribution < -0.4 is 0 Å². The van der Waals surface area contributed by atoms with E-state index in [1.54, 1.807) is 10.7 Å². The minimum Gasteiger partial charge on any atom is -0.475 e. The number of alkyl halides is 3. The van der Waals surface area contributed by atoms with E-state index in [0.29, 0.717) is 17.7 Å². The number of rotatable bonds is 7. The van der Waals surface area contributed by atoms with Gasteiger partial charge in [0.1, 0.15) is 11.3 Å². The number of piperidine rings is 2. The number of hydrogen-bond donors (Lipinski definition) is 1. The molecular formula is C30H46F3N5O5. The van der Waals surface area contributed by atoms with Crippen LogP contribution in [0.4, 0.5) is 18.0 Å². The first kappa shape index (κ1) is 33.1. The number of nitrogens with zero attached hydrogens (tertiary/aromatic N) is 5. The number of carbonyl (C=O) groups excluding carboxylic acids is 2. The minimum absolute atomic E-state index is 0.0429. The van der Waals surface area contributed by atoms with Crippen LogP contribution in [0.25, 0.3) is 0 Å². The van der Waals surface area contributed by atoms with E-state index in [9.17, 15) is 22.8 Å². The summed E-state index contributed by atoms with van der Waals surface area (Å²) in [4.78, 5) is 41.5. The Kier molecular flexibility index (Phi) is 11.0. The van der Waals surface area contributed by atoms with Gasteiger partial charge in [0.15, 0.2) is 0 Å². The van der Waals surface area contributed by atoms with Gasteiger partial charge in [-0.05, 0) is 44.1 Å². The SMILES string of the molecule is CCCCC1N(CC2CCCCC2)C(=O)OC12CCN(C1CCN(C(=O)c3ccn(C)n3)CC1)CC2.O=C(O)C(F)(F)F. The Bertz CT molecular complexity index is 1090. The number of aromatic nitrogens is 2. The number of carbonyl (C=O) groups is 3. The molecule has 13 heteroatoms. The molecule has 4 heterocycles. The lowest BCUT2D eigenvalue weighted by molar-refractivity contribution is -0.192. The van der Waals surface area contributed by atoms with E-state index in [-0.39, 0.29) is 23.6 Å². The van der Waals surface area contributed by atoms with Crippen molar-refractivity contribution in [1.29, 1.82) is 0 Å². The fraction of sp³-hybridized carbons (Fsp3) is 0.800. The van der Waals surface area contributed by atoms with Gasteiger partial charge in [0, 0.05) is 64.9 Å². The summed E-state index contributed by atoms with van der Waals surface area (Å²) >= 11 is 0. The van der Waals surface area contributed by atoms with Crippen LogP contribution in [0.15, 0.2) is 12.3 Å². The molecule has 242 valence electrons. The minimum atomic E-state index is -5.08. The lowest BCUT2D eigenvalue weighted by Gasteiger charge is -2.46. The Labute approximate surface area is 251 Å². The number of aliphatic carboxylic acids is 1. The zero-order valence-corrected chi connectivity index (χ0v) is 25.4. The van der Waals surface area contributed by atoms with Gasteiger partial charge in [0.05, 0.1) is 6.04 Å². The van der Waals surface area contributed by atoms with Gasteiger partial charge in [-0.15, -0.1) is 0 Å². The van der Waals surface area contributed by atoms with Gasteiger partial charge in [0.2, 0.25) is 0 Å². The van der Waals surface area contributed by atoms with Crippen LogP contribution >= 0.6 is 0 Å². The van der Waals surface area contributed by atoms with E-state index in [0.717, 1.165) is 77.7 Å². The maximum absolute atomic E-state index is 13.1. The number of unbranched alkanes of at least 4 members (excludes halogenated alkanes) is 1. The molecule has 1 N–H and O–H groups in total. The first-order valence-electron chi connectivity index (χ1n) is 15.8. The molecule has 5 rings (SSSR count). The van der Waals surface area contributed by atoms with E-state index < -0.39 is 12.1 Å². The van der Waals surface area contributed by atoms with Crippen LogP contribution in [0, 0.1) is 5.92 Å². The third-order valence-electron chi connectivity index (χ3n) is 9.61. The molecule has 3 aliphatic heterocycles. The van der Waals surface area contributed by atoms with Crippen molar-refractivity contribution >= 4 is 18.0 Å². The second-order valence-electron chi connectivity index (χ2n) is 12.5. The molecule has 1 aliphatic carbocycles. The van der Waals surface area contributed by atoms with Crippen LogP contribution in [0.5, 0.6) is 0 Å². The number of halogens is 3. The van der Waals surface area contributed by atoms with Gasteiger partial charge >= 0.3 is 18.2 Å². The van der Waals surface area contributed by atoms with Gasteiger partial charge in [-0.2, -0.15) is 18.3 Å². The van der Waals surface area contributed by atoms with Crippen LogP contribution in [0.3, 0.4) is 0 Å². The highest BCUT2D eigenvalue weighted by Crippen LogP contribution is 2.43. The van der Waals surface area contributed by atoms with Gasteiger partial charge in [-0.25, -0.2) is 9.59 Å². The van der Waals surface area contributed by atoms with Crippen molar-refractivity contribution in [3.8, 4) is 0 Å². The van der Waals surface area contributed by atoms with Crippen LogP contribution in [0.1, 0.15) is 94.5 Å². The van der Waals surface area contributed by atoms with E-state index in [1.165, 1.54) is 32.1 Å². The highest BCUT2D eigenvalue weighted by molar-refractivity contribution is 5.92. The predicted molar refractivity (Wildman–Crippen MR) is 152 cm³/mol. The van der Waals surface area contributed by atoms with Gasteiger partial charge in [-0.3, -0.25) is 14.4 Å². The molecule has 0 bridgehead atoms. The number of aryl methyl sites for hydroxylation is 1. The number of carboxylic acids is 1. The maximum Gasteiger partial charge on any atom is 0.490 e. The quantitative estimate of drug-likeness (QED) is 0.457. The lowest BCUT2D eigenvalue weighted by Crippen LogP contribution is -2.56. The van der Waals surface area contributed by atoms with Crippen molar-refractivity contribution in [2.24, 2.45) is 13.0 Å². The topological polar surface area (TPSA) is 108 Å². The maximum atomic E-state index is 13.1. The Morgan fingerprint density at radius 3 is 2.23 bits per heavy atom. The predicted octanol–water partition coefficient (Wildman–Crippen LogP) is 5.08. The van der Waals surface area contributed by atoms with E-state index >= 15 is 0 Å². The van der Waals surface area contributed by atoms with Crippen molar-refractivity contribution < 1.29 is 37.4 Å². The summed E-state index contributed by atoms with van der Waals surface area (Å²) in [6, 6.07) is 2.53. The molecule has 1 aromatic heterocycles. The first-order valence-corrected chi connectivity index (χ1v) is 15.8. The molecule has 43 heavy (non-hydrogen) atoms. The van der Waals surface area contributed by atoms with Crippen LogP contribution in [0.2, 0.25) is 0 Å². The smallest absolute Gasteiger partial charge is 0.475 e. The molecular weight excluding hydrogens is 567 g/mol. The highest BCUT2D eigenvalue weighted by Gasteiger charge is 2.55. The van der Waals surface area contributed by atoms with Crippen molar-refractivity contribution in [3.05, 3.63) is 18.0 Å². The Hall–Kier alpha value is -2.83. The normalized spacial score (nSPS) is 23.7. The van der Waals surface area contributed by atoms with Crippen molar-refractivity contribution in [2.75, 3.05) is 32.7 Å². The van der Waals surface area contributed by atoms with E-state index in [2.05, 4.69) is 21.8 Å². The lowest BCUT2D eigenvalue weighted by atomic mass is 9.80. The number of amides is 2. The largest absolute Gasteiger partial charge is 0.490 e. The fourth-order valence-electron chi connectivity index (χ4n) is 7.21. The van der Waals surface area contributed by atoms with Crippen LogP contribution in [-0.2, 0) is 16.6 Å². The number of hydrogen-bond acceptors (Lipinski definition) is 6. The van der Waals surface area contributed by atoms with Crippen molar-refractivity contribution in [3.63, 3.8) is 0 Å². The number of ether oxygens (including phenoxy) is 1. The molecule has 0 radical (unpaired) electrons. The van der Waals surface area contributed by atoms with Crippen molar-refractivity contribution in [2.45, 2.75) is 108 Å². The van der Waals surface area contributed by atoms with E-state index in [1.807, 2.05) is 18.1 Å². The zero-order valence-electron chi connectivity index (χ0n) is 25.4. The molecule has 3 saturated heterocycles. The summed E-state index contributed by atoms with van der Waals surface area (Å²) in [5.74, 6) is -2.07. The van der Waals surface area contributed by atoms with Crippen molar-refractivity contribution in [1.82, 2.24) is 24.5 Å². The Balaban J connectivity index is 0.000000541. The summed E-state index contributed by atoms with van der Waals surface area (Å²) in [6.45, 7) is 6.65. The third kappa shape index (κ3) is 8.21. The average Bonchev–Trinajstić information content (AvgIpc) is 3.53. The number of likely N-dealkylation sites (tertiary alicyclic amines) is 2. The fourth-order valence-corrected chi connectivity index (χ4v) is 7.21. The van der Waals surface area contributed by atoms with Gasteiger partial charge in [-0.1, -0.05) is 39.0 Å². The molecule has 1 spiro atoms. The molecule has 10 nitrogen and oxygen atoms in total. The summed E-state index contributed by atoms with van der Waals surface area (Å²) in [5, 5.41) is 11.4. The summed E-state index contributed by atoms with van der Waals surface area (Å²) in [7, 11) is 1.84. The summed E-state index contributed by atoms with van der Waals surface area (Å²) in [6.07, 6.45) is 10.4.